The molecule has 0 amide bonds. The predicted molar refractivity (Wildman–Crippen MR) is 105 cm³/mol. The van der Waals surface area contributed by atoms with Gasteiger partial charge >= 0.3 is 0 Å². The second-order valence-electron chi connectivity index (χ2n) is 6.59. The maximum atomic E-state index is 13.4. The van der Waals surface area contributed by atoms with Crippen LogP contribution in [0.3, 0.4) is 0 Å². The topological polar surface area (TPSA) is 100 Å². The lowest BCUT2D eigenvalue weighted by Crippen LogP contribution is -2.15. The molecule has 0 radical (unpaired) electrons. The standard InChI is InChI=1S/C20H21FN6O2/c1-13-12-22-25-18(13)23-19-16-4-2-9-27(16)26-20(24-19)17(29-11-3-10-28)14-5-7-15(21)8-6-14/h2,4-9,12,17,28H,3,10-11H2,1H3,(H2,22,23,24,25,26). The highest BCUT2D eigenvalue weighted by Gasteiger charge is 2.21. The van der Waals surface area contributed by atoms with Crippen LogP contribution in [0.4, 0.5) is 16.0 Å². The highest BCUT2D eigenvalue weighted by atomic mass is 19.1. The van der Waals surface area contributed by atoms with Gasteiger partial charge in [-0.15, -0.1) is 5.10 Å². The number of hydrogen-bond donors (Lipinski definition) is 3. The Hall–Kier alpha value is -3.30. The fourth-order valence-electron chi connectivity index (χ4n) is 2.97. The maximum Gasteiger partial charge on any atom is 0.184 e. The van der Waals surface area contributed by atoms with Gasteiger partial charge in [-0.05, 0) is 43.2 Å². The summed E-state index contributed by atoms with van der Waals surface area (Å²) in [6, 6.07) is 9.82. The van der Waals surface area contributed by atoms with Gasteiger partial charge in [0.1, 0.15) is 23.3 Å². The molecule has 0 spiro atoms. The van der Waals surface area contributed by atoms with Crippen LogP contribution in [0.1, 0.15) is 29.5 Å². The van der Waals surface area contributed by atoms with Crippen molar-refractivity contribution in [1.29, 1.82) is 0 Å². The van der Waals surface area contributed by atoms with E-state index in [1.807, 2.05) is 25.3 Å². The zero-order valence-corrected chi connectivity index (χ0v) is 15.8. The molecule has 0 aliphatic heterocycles. The van der Waals surface area contributed by atoms with E-state index in [-0.39, 0.29) is 12.4 Å². The molecule has 0 aliphatic carbocycles. The molecule has 9 heteroatoms. The second-order valence-corrected chi connectivity index (χ2v) is 6.59. The van der Waals surface area contributed by atoms with Gasteiger partial charge in [0.25, 0.3) is 0 Å². The van der Waals surface area contributed by atoms with E-state index < -0.39 is 6.10 Å². The van der Waals surface area contributed by atoms with Crippen molar-refractivity contribution in [3.05, 3.63) is 71.6 Å². The Balaban J connectivity index is 1.76. The number of H-pyrrole nitrogens is 1. The number of halogens is 1. The molecule has 4 rings (SSSR count). The highest BCUT2D eigenvalue weighted by Crippen LogP contribution is 2.27. The molecule has 0 bridgehead atoms. The summed E-state index contributed by atoms with van der Waals surface area (Å²) >= 11 is 0. The van der Waals surface area contributed by atoms with Crippen LogP contribution < -0.4 is 5.32 Å². The lowest BCUT2D eigenvalue weighted by molar-refractivity contribution is 0.0623. The first-order chi connectivity index (χ1) is 14.2. The number of aliphatic hydroxyl groups is 1. The zero-order valence-electron chi connectivity index (χ0n) is 15.8. The molecule has 4 aromatic rings. The fraction of sp³-hybridized carbons (Fsp3) is 0.250. The van der Waals surface area contributed by atoms with Crippen molar-refractivity contribution in [3.8, 4) is 0 Å². The van der Waals surface area contributed by atoms with Crippen LogP contribution in [-0.2, 0) is 4.74 Å². The van der Waals surface area contributed by atoms with Crippen molar-refractivity contribution in [3.63, 3.8) is 0 Å². The van der Waals surface area contributed by atoms with Gasteiger partial charge in [0, 0.05) is 18.4 Å². The Bertz CT molecular complexity index is 1090. The molecule has 0 saturated carbocycles. The minimum atomic E-state index is -0.614. The lowest BCUT2D eigenvalue weighted by Gasteiger charge is -2.18. The normalized spacial score (nSPS) is 12.4. The van der Waals surface area contributed by atoms with Crippen molar-refractivity contribution in [2.45, 2.75) is 19.4 Å². The van der Waals surface area contributed by atoms with Gasteiger partial charge in [-0.2, -0.15) is 5.10 Å². The van der Waals surface area contributed by atoms with Gasteiger partial charge in [0.15, 0.2) is 11.6 Å². The Morgan fingerprint density at radius 3 is 2.83 bits per heavy atom. The molecule has 1 unspecified atom stereocenters. The Morgan fingerprint density at radius 2 is 2.10 bits per heavy atom. The van der Waals surface area contributed by atoms with Crippen LogP contribution in [-0.4, -0.2) is 43.1 Å². The molecular weight excluding hydrogens is 375 g/mol. The first-order valence-electron chi connectivity index (χ1n) is 9.26. The molecule has 29 heavy (non-hydrogen) atoms. The third kappa shape index (κ3) is 4.10. The zero-order chi connectivity index (χ0) is 20.2. The summed E-state index contributed by atoms with van der Waals surface area (Å²) in [4.78, 5) is 4.69. The summed E-state index contributed by atoms with van der Waals surface area (Å²) in [6.07, 6.45) is 3.40. The first-order valence-corrected chi connectivity index (χ1v) is 9.26. The van der Waals surface area contributed by atoms with E-state index in [1.165, 1.54) is 12.1 Å². The minimum absolute atomic E-state index is 0.0134. The summed E-state index contributed by atoms with van der Waals surface area (Å²) in [5.41, 5.74) is 2.46. The number of aromatic nitrogens is 5. The van der Waals surface area contributed by atoms with Crippen molar-refractivity contribution in [2.24, 2.45) is 0 Å². The summed E-state index contributed by atoms with van der Waals surface area (Å²) in [5.74, 6) is 1.40. The summed E-state index contributed by atoms with van der Waals surface area (Å²) in [5, 5.41) is 23.9. The number of nitrogens with zero attached hydrogens (tertiary/aromatic N) is 4. The number of nitrogens with one attached hydrogen (secondary N) is 2. The van der Waals surface area contributed by atoms with Gasteiger partial charge in [-0.1, -0.05) is 12.1 Å². The Labute approximate surface area is 166 Å². The van der Waals surface area contributed by atoms with Crippen molar-refractivity contribution in [1.82, 2.24) is 24.8 Å². The van der Waals surface area contributed by atoms with Gasteiger partial charge < -0.3 is 15.2 Å². The molecule has 1 atom stereocenters. The number of aryl methyl sites for hydroxylation is 1. The number of hydrogen-bond acceptors (Lipinski definition) is 6. The number of rotatable bonds is 8. The molecule has 3 aromatic heterocycles. The molecule has 150 valence electrons. The molecule has 3 N–H and O–H groups in total. The number of anilines is 2. The molecular formula is C20H21FN6O2. The van der Waals surface area contributed by atoms with Crippen molar-refractivity contribution in [2.75, 3.05) is 18.5 Å². The number of aromatic amines is 1. The van der Waals surface area contributed by atoms with E-state index in [2.05, 4.69) is 20.6 Å². The summed E-state index contributed by atoms with van der Waals surface area (Å²) in [6.45, 7) is 2.26. The van der Waals surface area contributed by atoms with Crippen LogP contribution in [0.15, 0.2) is 48.8 Å². The average Bonchev–Trinajstić information content (AvgIpc) is 3.35. The van der Waals surface area contributed by atoms with E-state index in [0.29, 0.717) is 24.7 Å². The third-order valence-electron chi connectivity index (χ3n) is 4.47. The van der Waals surface area contributed by atoms with Crippen LogP contribution in [0.5, 0.6) is 0 Å². The monoisotopic (exact) mass is 396 g/mol. The molecule has 3 heterocycles. The van der Waals surface area contributed by atoms with E-state index in [1.54, 1.807) is 22.8 Å². The Kier molecular flexibility index (Phi) is 5.50. The lowest BCUT2D eigenvalue weighted by atomic mass is 10.1. The van der Waals surface area contributed by atoms with Crippen molar-refractivity contribution >= 4 is 17.2 Å². The second kappa shape index (κ2) is 8.38. The highest BCUT2D eigenvalue weighted by molar-refractivity contribution is 5.72. The number of fused-ring (bicyclic) bond motifs is 1. The SMILES string of the molecule is Cc1cn[nH]c1Nc1nc(C(OCCCO)c2ccc(F)cc2)nn2cccc12. The van der Waals surface area contributed by atoms with Gasteiger partial charge in [-0.25, -0.2) is 13.9 Å². The van der Waals surface area contributed by atoms with E-state index in [0.717, 1.165) is 22.5 Å². The average molecular weight is 396 g/mol. The summed E-state index contributed by atoms with van der Waals surface area (Å²) < 4.78 is 21.1. The molecule has 0 saturated heterocycles. The van der Waals surface area contributed by atoms with Gasteiger partial charge in [-0.3, -0.25) is 5.10 Å². The molecule has 8 nitrogen and oxygen atoms in total. The smallest absolute Gasteiger partial charge is 0.184 e. The van der Waals surface area contributed by atoms with Crippen LogP contribution in [0, 0.1) is 12.7 Å². The predicted octanol–water partition coefficient (Wildman–Crippen LogP) is 3.13. The largest absolute Gasteiger partial charge is 0.396 e. The number of benzene rings is 1. The van der Waals surface area contributed by atoms with E-state index in [4.69, 9.17) is 14.8 Å². The molecule has 0 fully saturated rings. The van der Waals surface area contributed by atoms with E-state index in [9.17, 15) is 4.39 Å². The number of ether oxygens (including phenoxy) is 1. The van der Waals surface area contributed by atoms with Gasteiger partial charge in [0.05, 0.1) is 12.8 Å². The van der Waals surface area contributed by atoms with Crippen molar-refractivity contribution < 1.29 is 14.2 Å². The minimum Gasteiger partial charge on any atom is -0.396 e. The maximum absolute atomic E-state index is 13.4. The van der Waals surface area contributed by atoms with Crippen LogP contribution >= 0.6 is 0 Å². The number of aliphatic hydroxyl groups excluding tert-OH is 1. The molecule has 1 aromatic carbocycles. The van der Waals surface area contributed by atoms with Crippen LogP contribution in [0.25, 0.3) is 5.52 Å². The summed E-state index contributed by atoms with van der Waals surface area (Å²) in [7, 11) is 0. The fourth-order valence-corrected chi connectivity index (χ4v) is 2.97. The van der Waals surface area contributed by atoms with Crippen LogP contribution in [0.2, 0.25) is 0 Å². The first kappa shape index (κ1) is 19.0. The Morgan fingerprint density at radius 1 is 1.28 bits per heavy atom. The van der Waals surface area contributed by atoms with E-state index >= 15 is 0 Å². The third-order valence-corrected chi connectivity index (χ3v) is 4.47. The van der Waals surface area contributed by atoms with Gasteiger partial charge in [0.2, 0.25) is 0 Å². The molecule has 0 aliphatic rings. The quantitative estimate of drug-likeness (QED) is 0.396.